The van der Waals surface area contributed by atoms with Crippen molar-refractivity contribution in [3.8, 4) is 11.3 Å². The molecule has 0 bridgehead atoms. The number of pyridine rings is 1. The average molecular weight is 394 g/mol. The van der Waals surface area contributed by atoms with Gasteiger partial charge < -0.3 is 14.7 Å². The Kier molecular flexibility index (Phi) is 4.35. The van der Waals surface area contributed by atoms with Crippen molar-refractivity contribution < 1.29 is 13.7 Å². The van der Waals surface area contributed by atoms with Crippen LogP contribution in [0, 0.1) is 18.2 Å². The Morgan fingerprint density at radius 2 is 1.97 bits per heavy atom. The lowest BCUT2D eigenvalue weighted by Gasteiger charge is -2.39. The fraction of sp³-hybridized carbons (Fsp3) is 0.409. The predicted octanol–water partition coefficient (Wildman–Crippen LogP) is 3.55. The molecule has 0 saturated carbocycles. The maximum Gasteiger partial charge on any atom is 0.259 e. The lowest BCUT2D eigenvalue weighted by molar-refractivity contribution is 0.0609. The molecule has 29 heavy (non-hydrogen) atoms. The summed E-state index contributed by atoms with van der Waals surface area (Å²) >= 11 is 0. The first-order valence-corrected chi connectivity index (χ1v) is 10.1. The summed E-state index contributed by atoms with van der Waals surface area (Å²) in [6.07, 6.45) is 3.23. The van der Waals surface area contributed by atoms with Gasteiger partial charge in [0.25, 0.3) is 11.6 Å². The molecule has 2 fully saturated rings. The van der Waals surface area contributed by atoms with Gasteiger partial charge in [0, 0.05) is 25.2 Å². The molecule has 1 aromatic carbocycles. The van der Waals surface area contributed by atoms with Crippen molar-refractivity contribution in [2.75, 3.05) is 26.2 Å². The van der Waals surface area contributed by atoms with Crippen LogP contribution in [0.4, 0.5) is 4.39 Å². The van der Waals surface area contributed by atoms with Gasteiger partial charge >= 0.3 is 0 Å². The first-order valence-electron chi connectivity index (χ1n) is 10.1. The number of carbonyl (C=O) groups excluding carboxylic acids is 1. The van der Waals surface area contributed by atoms with E-state index in [1.54, 1.807) is 18.2 Å². The second-order valence-electron chi connectivity index (χ2n) is 8.23. The van der Waals surface area contributed by atoms with Crippen molar-refractivity contribution in [3.63, 3.8) is 0 Å². The second-order valence-corrected chi connectivity index (χ2v) is 8.23. The Morgan fingerprint density at radius 3 is 2.66 bits per heavy atom. The average Bonchev–Trinajstić information content (AvgIpc) is 3.35. The SMILES string of the molecule is Cc1noc2nc(-c3ccc(F)cc3)cc(C(=O)N3CCC4(CCNC4)CC3)c12. The monoisotopic (exact) mass is 394 g/mol. The largest absolute Gasteiger partial charge is 0.339 e. The van der Waals surface area contributed by atoms with Gasteiger partial charge in [-0.15, -0.1) is 0 Å². The number of nitrogens with one attached hydrogen (secondary N) is 1. The number of hydrogen-bond acceptors (Lipinski definition) is 5. The third-order valence-corrected chi connectivity index (χ3v) is 6.43. The zero-order valence-corrected chi connectivity index (χ0v) is 16.4. The Balaban J connectivity index is 1.50. The maximum absolute atomic E-state index is 13.5. The lowest BCUT2D eigenvalue weighted by Crippen LogP contribution is -2.44. The molecule has 0 radical (unpaired) electrons. The maximum atomic E-state index is 13.5. The van der Waals surface area contributed by atoms with Crippen LogP contribution in [0.25, 0.3) is 22.4 Å². The Morgan fingerprint density at radius 1 is 1.21 bits per heavy atom. The van der Waals surface area contributed by atoms with Gasteiger partial charge in [-0.05, 0) is 68.5 Å². The zero-order chi connectivity index (χ0) is 20.0. The number of aryl methyl sites for hydroxylation is 1. The Hall–Kier alpha value is -2.80. The summed E-state index contributed by atoms with van der Waals surface area (Å²) in [4.78, 5) is 19.9. The molecule has 0 unspecified atom stereocenters. The first kappa shape index (κ1) is 18.2. The van der Waals surface area contributed by atoms with Crippen LogP contribution in [0.3, 0.4) is 0 Å². The van der Waals surface area contributed by atoms with E-state index in [1.165, 1.54) is 18.6 Å². The summed E-state index contributed by atoms with van der Waals surface area (Å²) in [5, 5.41) is 8.13. The van der Waals surface area contributed by atoms with Gasteiger partial charge in [-0.3, -0.25) is 4.79 Å². The molecule has 2 aromatic heterocycles. The summed E-state index contributed by atoms with van der Waals surface area (Å²) in [6.45, 7) is 5.44. The molecule has 2 aliphatic rings. The molecular formula is C22H23FN4O2. The molecule has 150 valence electrons. The predicted molar refractivity (Wildman–Crippen MR) is 107 cm³/mol. The van der Waals surface area contributed by atoms with Crippen molar-refractivity contribution >= 4 is 17.0 Å². The van der Waals surface area contributed by atoms with Gasteiger partial charge in [0.15, 0.2) is 0 Å². The Bertz CT molecular complexity index is 1060. The third kappa shape index (κ3) is 3.19. The standard InChI is InChI=1S/C22H23FN4O2/c1-14-19-17(21(28)27-10-7-22(8-11-27)6-9-24-13-22)12-18(25-20(19)29-26-14)15-2-4-16(23)5-3-15/h2-5,12,24H,6-11,13H2,1H3. The van der Waals surface area contributed by atoms with Crippen molar-refractivity contribution in [2.45, 2.75) is 26.2 Å². The van der Waals surface area contributed by atoms with Crippen LogP contribution in [0.1, 0.15) is 35.3 Å². The highest BCUT2D eigenvalue weighted by Crippen LogP contribution is 2.38. The van der Waals surface area contributed by atoms with Gasteiger partial charge in [0.2, 0.25) is 0 Å². The van der Waals surface area contributed by atoms with Crippen molar-refractivity contribution in [1.82, 2.24) is 20.4 Å². The minimum Gasteiger partial charge on any atom is -0.339 e. The molecule has 6 nitrogen and oxygen atoms in total. The number of likely N-dealkylation sites (tertiary alicyclic amines) is 1. The molecular weight excluding hydrogens is 371 g/mol. The van der Waals surface area contributed by atoms with Crippen molar-refractivity contribution in [3.05, 3.63) is 47.4 Å². The molecule has 0 aliphatic carbocycles. The summed E-state index contributed by atoms with van der Waals surface area (Å²) < 4.78 is 18.7. The van der Waals surface area contributed by atoms with E-state index in [-0.39, 0.29) is 11.7 Å². The number of rotatable bonds is 2. The molecule has 2 aliphatic heterocycles. The number of hydrogen-bond donors (Lipinski definition) is 1. The molecule has 3 aromatic rings. The molecule has 5 rings (SSSR count). The van der Waals surface area contributed by atoms with E-state index in [4.69, 9.17) is 4.52 Å². The number of halogens is 1. The Labute approximate surface area is 168 Å². The minimum atomic E-state index is -0.315. The summed E-state index contributed by atoms with van der Waals surface area (Å²) in [6, 6.07) is 7.85. The van der Waals surface area contributed by atoms with E-state index in [2.05, 4.69) is 15.5 Å². The number of piperidine rings is 1. The molecule has 4 heterocycles. The van der Waals surface area contributed by atoms with Gasteiger partial charge in [-0.2, -0.15) is 0 Å². The fourth-order valence-corrected chi connectivity index (χ4v) is 4.61. The van der Waals surface area contributed by atoms with E-state index >= 15 is 0 Å². The first-order chi connectivity index (χ1) is 14.0. The molecule has 7 heteroatoms. The third-order valence-electron chi connectivity index (χ3n) is 6.43. The van der Waals surface area contributed by atoms with Gasteiger partial charge in [0.1, 0.15) is 5.82 Å². The van der Waals surface area contributed by atoms with Crippen molar-refractivity contribution in [2.24, 2.45) is 5.41 Å². The summed E-state index contributed by atoms with van der Waals surface area (Å²) in [5.41, 5.74) is 3.18. The molecule has 1 N–H and O–H groups in total. The highest BCUT2D eigenvalue weighted by molar-refractivity contribution is 6.07. The number of fused-ring (bicyclic) bond motifs is 1. The minimum absolute atomic E-state index is 0.0205. The van der Waals surface area contributed by atoms with E-state index in [0.717, 1.165) is 44.6 Å². The highest BCUT2D eigenvalue weighted by atomic mass is 19.1. The van der Waals surface area contributed by atoms with Crippen LogP contribution >= 0.6 is 0 Å². The summed E-state index contributed by atoms with van der Waals surface area (Å²) in [5.74, 6) is -0.335. The molecule has 0 atom stereocenters. The van der Waals surface area contributed by atoms with Crippen LogP contribution in [-0.2, 0) is 0 Å². The van der Waals surface area contributed by atoms with Gasteiger partial charge in [-0.1, -0.05) is 5.16 Å². The zero-order valence-electron chi connectivity index (χ0n) is 16.4. The van der Waals surface area contributed by atoms with E-state index in [9.17, 15) is 9.18 Å². The fourth-order valence-electron chi connectivity index (χ4n) is 4.61. The van der Waals surface area contributed by atoms with Crippen LogP contribution in [0.2, 0.25) is 0 Å². The van der Waals surface area contributed by atoms with Crippen LogP contribution in [0.15, 0.2) is 34.9 Å². The molecule has 2 saturated heterocycles. The van der Waals surface area contributed by atoms with Crippen LogP contribution in [0.5, 0.6) is 0 Å². The quantitative estimate of drug-likeness (QED) is 0.720. The van der Waals surface area contributed by atoms with Crippen LogP contribution < -0.4 is 5.32 Å². The normalized spacial score (nSPS) is 18.6. The molecule has 1 amide bonds. The van der Waals surface area contributed by atoms with E-state index in [0.29, 0.717) is 33.5 Å². The number of nitrogens with zero attached hydrogens (tertiary/aromatic N) is 3. The van der Waals surface area contributed by atoms with Crippen molar-refractivity contribution in [1.29, 1.82) is 0 Å². The van der Waals surface area contributed by atoms with E-state index < -0.39 is 0 Å². The smallest absolute Gasteiger partial charge is 0.259 e. The van der Waals surface area contributed by atoms with Gasteiger partial charge in [0.05, 0.1) is 22.3 Å². The topological polar surface area (TPSA) is 71.3 Å². The highest BCUT2D eigenvalue weighted by Gasteiger charge is 2.38. The number of amides is 1. The summed E-state index contributed by atoms with van der Waals surface area (Å²) in [7, 11) is 0. The number of benzene rings is 1. The lowest BCUT2D eigenvalue weighted by atomic mass is 9.77. The van der Waals surface area contributed by atoms with Crippen LogP contribution in [-0.4, -0.2) is 47.1 Å². The van der Waals surface area contributed by atoms with Gasteiger partial charge in [-0.25, -0.2) is 9.37 Å². The van der Waals surface area contributed by atoms with E-state index in [1.807, 2.05) is 11.8 Å². The number of aromatic nitrogens is 2. The molecule has 1 spiro atoms. The number of carbonyl (C=O) groups is 1. The second kappa shape index (κ2) is 6.91.